The van der Waals surface area contributed by atoms with Gasteiger partial charge in [0.25, 0.3) is 5.91 Å². The lowest BCUT2D eigenvalue weighted by Gasteiger charge is -2.22. The Balaban J connectivity index is 2.70. The largest absolute Gasteiger partial charge is 0.480 e. The molecule has 0 saturated carbocycles. The fourth-order valence-corrected chi connectivity index (χ4v) is 2.24. The van der Waals surface area contributed by atoms with E-state index in [2.05, 4.69) is 12.2 Å². The number of urea groups is 1. The van der Waals surface area contributed by atoms with Crippen LogP contribution in [-0.4, -0.2) is 39.5 Å². The third-order valence-corrected chi connectivity index (χ3v) is 3.57. The van der Waals surface area contributed by atoms with E-state index in [1.807, 2.05) is 0 Å². The molecule has 2 N–H and O–H groups in total. The summed E-state index contributed by atoms with van der Waals surface area (Å²) in [5, 5.41) is 11.5. The summed E-state index contributed by atoms with van der Waals surface area (Å²) in [5.74, 6) is -1.62. The lowest BCUT2D eigenvalue weighted by atomic mass is 9.94. The maximum atomic E-state index is 12.2. The van der Waals surface area contributed by atoms with Crippen molar-refractivity contribution in [2.75, 3.05) is 0 Å². The van der Waals surface area contributed by atoms with E-state index in [-0.39, 0.29) is 0 Å². The number of nitrogens with one attached hydrogen (secondary N) is 1. The van der Waals surface area contributed by atoms with Crippen molar-refractivity contribution >= 4 is 17.9 Å². The number of aliphatic carboxylic acids is 1. The van der Waals surface area contributed by atoms with Crippen molar-refractivity contribution in [3.63, 3.8) is 0 Å². The zero-order valence-electron chi connectivity index (χ0n) is 11.7. The Morgan fingerprint density at radius 2 is 2.00 bits per heavy atom. The van der Waals surface area contributed by atoms with Gasteiger partial charge in [0.2, 0.25) is 0 Å². The van der Waals surface area contributed by atoms with E-state index in [1.165, 1.54) is 6.92 Å². The lowest BCUT2D eigenvalue weighted by molar-refractivity contribution is -0.147. The minimum Gasteiger partial charge on any atom is -0.480 e. The molecule has 108 valence electrons. The molecule has 1 saturated heterocycles. The van der Waals surface area contributed by atoms with Crippen LogP contribution in [0.25, 0.3) is 0 Å². The normalized spacial score (nSPS) is 24.5. The van der Waals surface area contributed by atoms with Gasteiger partial charge in [-0.15, -0.1) is 0 Å². The van der Waals surface area contributed by atoms with Crippen LogP contribution in [0.15, 0.2) is 0 Å². The molecule has 0 aromatic carbocycles. The summed E-state index contributed by atoms with van der Waals surface area (Å²) < 4.78 is 0. The molecule has 1 aliphatic rings. The van der Waals surface area contributed by atoms with Gasteiger partial charge in [0.1, 0.15) is 11.6 Å². The second-order valence-electron chi connectivity index (χ2n) is 5.26. The van der Waals surface area contributed by atoms with E-state index in [0.717, 1.165) is 30.6 Å². The highest BCUT2D eigenvalue weighted by atomic mass is 16.4. The molecule has 2 atom stereocenters. The summed E-state index contributed by atoms with van der Waals surface area (Å²) in [6.45, 7) is 5.09. The summed E-state index contributed by atoms with van der Waals surface area (Å²) in [7, 11) is 0. The number of carbonyl (C=O) groups excluding carboxylic acids is 2. The first-order valence-corrected chi connectivity index (χ1v) is 6.72. The van der Waals surface area contributed by atoms with Crippen molar-refractivity contribution in [1.82, 2.24) is 10.2 Å². The second-order valence-corrected chi connectivity index (χ2v) is 5.26. The van der Waals surface area contributed by atoms with Crippen molar-refractivity contribution < 1.29 is 19.5 Å². The minimum absolute atomic E-state index is 0.441. The molecular formula is C13H22N2O4. The average Bonchev–Trinajstić information content (AvgIpc) is 2.55. The van der Waals surface area contributed by atoms with Gasteiger partial charge in [0.15, 0.2) is 0 Å². The summed E-state index contributed by atoms with van der Waals surface area (Å²) in [4.78, 5) is 35.7. The Labute approximate surface area is 113 Å². The first kappa shape index (κ1) is 15.5. The monoisotopic (exact) mass is 270 g/mol. The van der Waals surface area contributed by atoms with Gasteiger partial charge in [0, 0.05) is 0 Å². The van der Waals surface area contributed by atoms with E-state index in [4.69, 9.17) is 5.11 Å². The van der Waals surface area contributed by atoms with Crippen LogP contribution in [0.4, 0.5) is 4.79 Å². The Morgan fingerprint density at radius 3 is 2.53 bits per heavy atom. The van der Waals surface area contributed by atoms with Crippen molar-refractivity contribution in [1.29, 1.82) is 0 Å². The Bertz CT molecular complexity index is 383. The van der Waals surface area contributed by atoms with E-state index in [1.54, 1.807) is 6.92 Å². The fourth-order valence-electron chi connectivity index (χ4n) is 2.24. The minimum atomic E-state index is -1.18. The van der Waals surface area contributed by atoms with Gasteiger partial charge in [0.05, 0.1) is 0 Å². The molecule has 0 aromatic rings. The maximum Gasteiger partial charge on any atom is 0.326 e. The Hall–Kier alpha value is -1.59. The number of hydrogen-bond donors (Lipinski definition) is 2. The fraction of sp³-hybridized carbons (Fsp3) is 0.769. The molecule has 1 rings (SSSR count). The molecule has 6 heteroatoms. The summed E-state index contributed by atoms with van der Waals surface area (Å²) >= 11 is 0. The maximum absolute atomic E-state index is 12.2. The smallest absolute Gasteiger partial charge is 0.326 e. The molecular weight excluding hydrogens is 248 g/mol. The molecule has 19 heavy (non-hydrogen) atoms. The molecule has 1 fully saturated rings. The number of carbonyl (C=O) groups is 3. The highest BCUT2D eigenvalue weighted by Gasteiger charge is 2.50. The van der Waals surface area contributed by atoms with Gasteiger partial charge < -0.3 is 10.4 Å². The Kier molecular flexibility index (Phi) is 4.91. The van der Waals surface area contributed by atoms with Crippen molar-refractivity contribution in [3.8, 4) is 0 Å². The average molecular weight is 270 g/mol. The van der Waals surface area contributed by atoms with E-state index in [9.17, 15) is 14.4 Å². The third kappa shape index (κ3) is 3.24. The van der Waals surface area contributed by atoms with Gasteiger partial charge in [-0.05, 0) is 20.3 Å². The summed E-state index contributed by atoms with van der Waals surface area (Å²) in [6, 6.07) is -1.75. The number of amides is 3. The number of imide groups is 1. The SMILES string of the molecule is CCCCCCC1(C)NC(=O)N(C(C)C(=O)O)C1=O. The molecule has 6 nitrogen and oxygen atoms in total. The number of nitrogens with zero attached hydrogens (tertiary/aromatic N) is 1. The van der Waals surface area contributed by atoms with Crippen LogP contribution < -0.4 is 5.32 Å². The number of rotatable bonds is 7. The van der Waals surface area contributed by atoms with E-state index >= 15 is 0 Å². The molecule has 0 aromatic heterocycles. The number of carboxylic acid groups (broad SMARTS) is 1. The first-order chi connectivity index (χ1) is 8.83. The predicted molar refractivity (Wildman–Crippen MR) is 69.6 cm³/mol. The highest BCUT2D eigenvalue weighted by molar-refractivity contribution is 6.09. The zero-order valence-corrected chi connectivity index (χ0v) is 11.7. The number of carboxylic acids is 1. The van der Waals surface area contributed by atoms with Crippen LogP contribution in [0.1, 0.15) is 52.9 Å². The quantitative estimate of drug-likeness (QED) is 0.545. The summed E-state index contributed by atoms with van der Waals surface area (Å²) in [6.07, 6.45) is 4.57. The van der Waals surface area contributed by atoms with Crippen molar-refractivity contribution in [2.24, 2.45) is 0 Å². The van der Waals surface area contributed by atoms with E-state index in [0.29, 0.717) is 6.42 Å². The van der Waals surface area contributed by atoms with Crippen LogP contribution in [0.2, 0.25) is 0 Å². The third-order valence-electron chi connectivity index (χ3n) is 3.57. The molecule has 0 bridgehead atoms. The van der Waals surface area contributed by atoms with Crippen molar-refractivity contribution in [3.05, 3.63) is 0 Å². The number of unbranched alkanes of at least 4 members (excludes halogenated alkanes) is 3. The molecule has 0 aliphatic carbocycles. The molecule has 0 radical (unpaired) electrons. The predicted octanol–water partition coefficient (Wildman–Crippen LogP) is 1.74. The zero-order chi connectivity index (χ0) is 14.6. The van der Waals surface area contributed by atoms with Gasteiger partial charge in [-0.3, -0.25) is 4.79 Å². The van der Waals surface area contributed by atoms with Crippen LogP contribution >= 0.6 is 0 Å². The number of hydrogen-bond acceptors (Lipinski definition) is 3. The van der Waals surface area contributed by atoms with Gasteiger partial charge in [-0.1, -0.05) is 32.6 Å². The molecule has 2 unspecified atom stereocenters. The van der Waals surface area contributed by atoms with Crippen LogP contribution in [0, 0.1) is 0 Å². The topological polar surface area (TPSA) is 86.7 Å². The lowest BCUT2D eigenvalue weighted by Crippen LogP contribution is -2.46. The van der Waals surface area contributed by atoms with Crippen molar-refractivity contribution in [2.45, 2.75) is 64.5 Å². The van der Waals surface area contributed by atoms with Gasteiger partial charge in [-0.25, -0.2) is 14.5 Å². The Morgan fingerprint density at radius 1 is 1.37 bits per heavy atom. The van der Waals surface area contributed by atoms with Crippen LogP contribution in [0.5, 0.6) is 0 Å². The standard InChI is InChI=1S/C13H22N2O4/c1-4-5-6-7-8-13(3)11(18)15(12(19)14-13)9(2)10(16)17/h9H,4-8H2,1-3H3,(H,14,19)(H,16,17). The van der Waals surface area contributed by atoms with E-state index < -0.39 is 29.5 Å². The van der Waals surface area contributed by atoms with Gasteiger partial charge in [-0.2, -0.15) is 0 Å². The molecule has 1 heterocycles. The molecule has 1 aliphatic heterocycles. The van der Waals surface area contributed by atoms with Gasteiger partial charge >= 0.3 is 12.0 Å². The highest BCUT2D eigenvalue weighted by Crippen LogP contribution is 2.25. The summed E-state index contributed by atoms with van der Waals surface area (Å²) in [5.41, 5.74) is -0.964. The molecule has 0 spiro atoms. The van der Waals surface area contributed by atoms with Crippen LogP contribution in [0.3, 0.4) is 0 Å². The first-order valence-electron chi connectivity index (χ1n) is 6.72. The van der Waals surface area contributed by atoms with Crippen LogP contribution in [-0.2, 0) is 9.59 Å². The molecule has 3 amide bonds. The second kappa shape index (κ2) is 6.04.